The first-order valence-electron chi connectivity index (χ1n) is 7.00. The zero-order valence-corrected chi connectivity index (χ0v) is 14.2. The van der Waals surface area contributed by atoms with Gasteiger partial charge in [0.15, 0.2) is 0 Å². The second-order valence-electron chi connectivity index (χ2n) is 5.41. The van der Waals surface area contributed by atoms with Crippen molar-refractivity contribution in [2.24, 2.45) is 0 Å². The summed E-state index contributed by atoms with van der Waals surface area (Å²) < 4.78 is 42.6. The first-order valence-corrected chi connectivity index (χ1v) is 8.61. The lowest BCUT2D eigenvalue weighted by molar-refractivity contribution is -0.188. The summed E-state index contributed by atoms with van der Waals surface area (Å²) in [5.74, 6) is 0. The van der Waals surface area contributed by atoms with E-state index in [4.69, 9.17) is 4.74 Å². The highest BCUT2D eigenvalue weighted by Crippen LogP contribution is 2.28. The standard InChI is InChI=1S/C14H19BrF3NOS/c1-9-13(15)6-12(21-9)7-19-10-3-2-4-11(5-10)20-8-14(16,17)18/h6,10-11,19H,2-5,7-8H2,1H3. The Morgan fingerprint density at radius 2 is 2.19 bits per heavy atom. The molecule has 1 N–H and O–H groups in total. The first kappa shape index (κ1) is 17.2. The number of nitrogens with one attached hydrogen (secondary N) is 1. The van der Waals surface area contributed by atoms with Gasteiger partial charge in [-0.15, -0.1) is 11.3 Å². The van der Waals surface area contributed by atoms with Crippen LogP contribution in [0.3, 0.4) is 0 Å². The number of hydrogen-bond donors (Lipinski definition) is 1. The van der Waals surface area contributed by atoms with Gasteiger partial charge in [0.1, 0.15) is 6.61 Å². The molecule has 1 aliphatic carbocycles. The molecule has 0 bridgehead atoms. The third-order valence-electron chi connectivity index (χ3n) is 3.58. The van der Waals surface area contributed by atoms with Gasteiger partial charge in [-0.2, -0.15) is 13.2 Å². The molecular formula is C14H19BrF3NOS. The summed E-state index contributed by atoms with van der Waals surface area (Å²) in [4.78, 5) is 2.47. The van der Waals surface area contributed by atoms with Gasteiger partial charge in [0.25, 0.3) is 0 Å². The predicted octanol–water partition coefficient (Wildman–Crippen LogP) is 4.80. The van der Waals surface area contributed by atoms with Crippen LogP contribution in [0.2, 0.25) is 0 Å². The lowest BCUT2D eigenvalue weighted by Crippen LogP contribution is -2.37. The van der Waals surface area contributed by atoms with Crippen LogP contribution in [-0.4, -0.2) is 24.9 Å². The molecule has 0 spiro atoms. The number of alkyl halides is 3. The molecule has 1 fully saturated rings. The minimum atomic E-state index is -4.23. The highest BCUT2D eigenvalue weighted by molar-refractivity contribution is 9.10. The molecule has 0 saturated heterocycles. The fourth-order valence-corrected chi connectivity index (χ4v) is 4.10. The summed E-state index contributed by atoms with van der Waals surface area (Å²) in [5.41, 5.74) is 0. The molecule has 1 saturated carbocycles. The molecule has 1 aromatic rings. The Kier molecular flexibility index (Phi) is 6.11. The van der Waals surface area contributed by atoms with Crippen LogP contribution in [-0.2, 0) is 11.3 Å². The van der Waals surface area contributed by atoms with Crippen molar-refractivity contribution in [3.05, 3.63) is 20.3 Å². The maximum absolute atomic E-state index is 12.2. The average molecular weight is 386 g/mol. The van der Waals surface area contributed by atoms with Crippen molar-refractivity contribution in [1.29, 1.82) is 0 Å². The number of ether oxygens (including phenoxy) is 1. The van der Waals surface area contributed by atoms with Gasteiger partial charge in [-0.1, -0.05) is 0 Å². The molecule has 1 aromatic heterocycles. The molecule has 2 nitrogen and oxygen atoms in total. The van der Waals surface area contributed by atoms with E-state index in [0.717, 1.165) is 30.3 Å². The van der Waals surface area contributed by atoms with E-state index < -0.39 is 12.8 Å². The number of aryl methyl sites for hydroxylation is 1. The Morgan fingerprint density at radius 3 is 2.81 bits per heavy atom. The van der Waals surface area contributed by atoms with E-state index in [1.165, 1.54) is 9.75 Å². The summed E-state index contributed by atoms with van der Waals surface area (Å²) in [6.07, 6.45) is -1.24. The highest BCUT2D eigenvalue weighted by Gasteiger charge is 2.31. The SMILES string of the molecule is Cc1sc(CNC2CCCC(OCC(F)(F)F)C2)cc1Br. The molecule has 2 atom stereocenters. The van der Waals surface area contributed by atoms with Gasteiger partial charge in [0, 0.05) is 26.8 Å². The Bertz CT molecular complexity index is 444. The maximum Gasteiger partial charge on any atom is 0.411 e. The smallest absolute Gasteiger partial charge is 0.369 e. The molecule has 2 rings (SSSR count). The molecule has 21 heavy (non-hydrogen) atoms. The summed E-state index contributed by atoms with van der Waals surface area (Å²) >= 11 is 5.21. The first-order chi connectivity index (χ1) is 9.83. The van der Waals surface area contributed by atoms with E-state index in [1.807, 2.05) is 0 Å². The fraction of sp³-hybridized carbons (Fsp3) is 0.714. The molecule has 7 heteroatoms. The number of hydrogen-bond acceptors (Lipinski definition) is 3. The monoisotopic (exact) mass is 385 g/mol. The van der Waals surface area contributed by atoms with Gasteiger partial charge in [-0.05, 0) is 54.6 Å². The van der Waals surface area contributed by atoms with E-state index in [-0.39, 0.29) is 12.1 Å². The Labute approximate surface area is 135 Å². The lowest BCUT2D eigenvalue weighted by Gasteiger charge is -2.30. The second kappa shape index (κ2) is 7.44. The van der Waals surface area contributed by atoms with Gasteiger partial charge >= 0.3 is 6.18 Å². The summed E-state index contributed by atoms with van der Waals surface area (Å²) in [6.45, 7) is 1.68. The Balaban J connectivity index is 1.76. The summed E-state index contributed by atoms with van der Waals surface area (Å²) in [6, 6.07) is 2.33. The summed E-state index contributed by atoms with van der Waals surface area (Å²) in [5, 5.41) is 3.43. The third-order valence-corrected chi connectivity index (χ3v) is 5.72. The molecular weight excluding hydrogens is 367 g/mol. The van der Waals surface area contributed by atoms with E-state index in [9.17, 15) is 13.2 Å². The van der Waals surface area contributed by atoms with Crippen LogP contribution in [0.1, 0.15) is 35.4 Å². The fourth-order valence-electron chi connectivity index (χ4n) is 2.54. The number of thiophene rings is 1. The van der Waals surface area contributed by atoms with Crippen molar-refractivity contribution in [2.75, 3.05) is 6.61 Å². The second-order valence-corrected chi connectivity index (χ2v) is 7.60. The van der Waals surface area contributed by atoms with Gasteiger partial charge in [0.2, 0.25) is 0 Å². The van der Waals surface area contributed by atoms with E-state index >= 15 is 0 Å². The normalized spacial score (nSPS) is 23.5. The summed E-state index contributed by atoms with van der Waals surface area (Å²) in [7, 11) is 0. The zero-order chi connectivity index (χ0) is 15.5. The minimum absolute atomic E-state index is 0.234. The van der Waals surface area contributed by atoms with Crippen molar-refractivity contribution < 1.29 is 17.9 Å². The molecule has 0 radical (unpaired) electrons. The van der Waals surface area contributed by atoms with Crippen LogP contribution in [0, 0.1) is 6.92 Å². The van der Waals surface area contributed by atoms with Crippen LogP contribution in [0.25, 0.3) is 0 Å². The highest BCUT2D eigenvalue weighted by atomic mass is 79.9. The number of rotatable bonds is 5. The average Bonchev–Trinajstić information content (AvgIpc) is 2.73. The molecule has 0 aromatic carbocycles. The van der Waals surface area contributed by atoms with Crippen LogP contribution in [0.5, 0.6) is 0 Å². The predicted molar refractivity (Wildman–Crippen MR) is 81.6 cm³/mol. The Hall–Kier alpha value is -0.110. The van der Waals surface area contributed by atoms with Crippen molar-refractivity contribution in [1.82, 2.24) is 5.32 Å². The van der Waals surface area contributed by atoms with Crippen molar-refractivity contribution in [3.8, 4) is 0 Å². The topological polar surface area (TPSA) is 21.3 Å². The van der Waals surface area contributed by atoms with Gasteiger partial charge in [-0.25, -0.2) is 0 Å². The van der Waals surface area contributed by atoms with Gasteiger partial charge in [0.05, 0.1) is 6.10 Å². The molecule has 120 valence electrons. The van der Waals surface area contributed by atoms with Crippen molar-refractivity contribution in [3.63, 3.8) is 0 Å². The van der Waals surface area contributed by atoms with Crippen molar-refractivity contribution in [2.45, 2.75) is 57.5 Å². The molecule has 0 amide bonds. The molecule has 2 unspecified atom stereocenters. The lowest BCUT2D eigenvalue weighted by atomic mass is 9.93. The van der Waals surface area contributed by atoms with Crippen LogP contribution in [0.4, 0.5) is 13.2 Å². The maximum atomic E-state index is 12.2. The Morgan fingerprint density at radius 1 is 1.43 bits per heavy atom. The van der Waals surface area contributed by atoms with Crippen molar-refractivity contribution >= 4 is 27.3 Å². The zero-order valence-electron chi connectivity index (χ0n) is 11.8. The molecule has 1 aliphatic rings. The van der Waals surface area contributed by atoms with Gasteiger partial charge in [-0.3, -0.25) is 0 Å². The molecule has 0 aliphatic heterocycles. The van der Waals surface area contributed by atoms with Crippen LogP contribution >= 0.6 is 27.3 Å². The molecule has 1 heterocycles. The van der Waals surface area contributed by atoms with E-state index in [2.05, 4.69) is 34.2 Å². The minimum Gasteiger partial charge on any atom is -0.369 e. The van der Waals surface area contributed by atoms with E-state index in [1.54, 1.807) is 11.3 Å². The van der Waals surface area contributed by atoms with Gasteiger partial charge < -0.3 is 10.1 Å². The largest absolute Gasteiger partial charge is 0.411 e. The number of halogens is 4. The third kappa shape index (κ3) is 5.88. The quantitative estimate of drug-likeness (QED) is 0.785. The van der Waals surface area contributed by atoms with E-state index in [0.29, 0.717) is 6.42 Å². The van der Waals surface area contributed by atoms with Crippen LogP contribution in [0.15, 0.2) is 10.5 Å². The van der Waals surface area contributed by atoms with Crippen LogP contribution < -0.4 is 5.32 Å².